The lowest BCUT2D eigenvalue weighted by atomic mass is 10.0. The van der Waals surface area contributed by atoms with E-state index < -0.39 is 6.10 Å². The molecule has 2 atom stereocenters. The number of allylic oxidation sites excluding steroid dienone is 1. The molecule has 1 aromatic carbocycles. The Hall–Kier alpha value is -1.53. The standard InChI is InChI=1S/C16H18FNO3S/c1-10-15(22-6-5-21-10)16(20)18-9-13(19)8-14(18)11-3-2-4-12(17)7-11/h2-4,7,13-14,19H,5-6,8-9H2,1H3/t13-,14-/m0/s1. The summed E-state index contributed by atoms with van der Waals surface area (Å²) >= 11 is 1.48. The zero-order valence-corrected chi connectivity index (χ0v) is 13.1. The number of rotatable bonds is 2. The predicted octanol–water partition coefficient (Wildman–Crippen LogP) is 2.45. The second-order valence-corrected chi connectivity index (χ2v) is 6.61. The number of carbonyl (C=O) groups excluding carboxylic acids is 1. The Labute approximate surface area is 132 Å². The van der Waals surface area contributed by atoms with Crippen LogP contribution >= 0.6 is 11.8 Å². The summed E-state index contributed by atoms with van der Waals surface area (Å²) in [7, 11) is 0. The van der Waals surface area contributed by atoms with Crippen LogP contribution in [0.4, 0.5) is 4.39 Å². The molecule has 1 amide bonds. The van der Waals surface area contributed by atoms with Gasteiger partial charge >= 0.3 is 0 Å². The maximum atomic E-state index is 13.5. The van der Waals surface area contributed by atoms with Crippen molar-refractivity contribution in [2.45, 2.75) is 25.5 Å². The quantitative estimate of drug-likeness (QED) is 0.908. The number of aliphatic hydroxyl groups is 1. The summed E-state index contributed by atoms with van der Waals surface area (Å²) < 4.78 is 18.9. The van der Waals surface area contributed by atoms with Crippen molar-refractivity contribution in [2.24, 2.45) is 0 Å². The molecule has 22 heavy (non-hydrogen) atoms. The van der Waals surface area contributed by atoms with Crippen LogP contribution in [-0.4, -0.2) is 40.9 Å². The number of amides is 1. The number of thioether (sulfide) groups is 1. The van der Waals surface area contributed by atoms with E-state index in [-0.39, 0.29) is 24.3 Å². The van der Waals surface area contributed by atoms with Crippen LogP contribution in [0.3, 0.4) is 0 Å². The molecule has 0 bridgehead atoms. The summed E-state index contributed by atoms with van der Waals surface area (Å²) in [6.45, 7) is 2.64. The number of benzene rings is 1. The van der Waals surface area contributed by atoms with E-state index in [0.717, 1.165) is 5.75 Å². The number of nitrogens with zero attached hydrogens (tertiary/aromatic N) is 1. The van der Waals surface area contributed by atoms with Crippen LogP contribution < -0.4 is 0 Å². The Kier molecular flexibility index (Phi) is 4.40. The number of β-amino-alcohol motifs (C(OH)–C–C–N with tert-alkyl or cyclic N) is 1. The van der Waals surface area contributed by atoms with Crippen molar-refractivity contribution in [1.82, 2.24) is 4.90 Å². The van der Waals surface area contributed by atoms with Crippen molar-refractivity contribution in [1.29, 1.82) is 0 Å². The Morgan fingerprint density at radius 2 is 2.32 bits per heavy atom. The van der Waals surface area contributed by atoms with Crippen molar-refractivity contribution in [3.63, 3.8) is 0 Å². The Balaban J connectivity index is 1.89. The van der Waals surface area contributed by atoms with Gasteiger partial charge in [0.25, 0.3) is 5.91 Å². The van der Waals surface area contributed by atoms with Crippen molar-refractivity contribution in [3.05, 3.63) is 46.3 Å². The normalized spacial score (nSPS) is 25.3. The average molecular weight is 323 g/mol. The molecule has 1 saturated heterocycles. The highest BCUT2D eigenvalue weighted by molar-refractivity contribution is 8.04. The number of aliphatic hydroxyl groups excluding tert-OH is 1. The largest absolute Gasteiger partial charge is 0.496 e. The molecule has 6 heteroatoms. The second-order valence-electron chi connectivity index (χ2n) is 5.50. The molecule has 1 fully saturated rings. The van der Waals surface area contributed by atoms with Crippen LogP contribution in [0.25, 0.3) is 0 Å². The highest BCUT2D eigenvalue weighted by Gasteiger charge is 2.37. The van der Waals surface area contributed by atoms with Crippen LogP contribution in [0.2, 0.25) is 0 Å². The third kappa shape index (κ3) is 2.98. The summed E-state index contributed by atoms with van der Waals surface area (Å²) in [5, 5.41) is 9.97. The molecule has 2 aliphatic rings. The third-order valence-electron chi connectivity index (χ3n) is 3.94. The molecule has 3 rings (SSSR count). The zero-order valence-electron chi connectivity index (χ0n) is 12.3. The summed E-state index contributed by atoms with van der Waals surface area (Å²) in [5.74, 6) is 0.880. The maximum Gasteiger partial charge on any atom is 0.264 e. The van der Waals surface area contributed by atoms with Gasteiger partial charge in [-0.3, -0.25) is 4.79 Å². The Morgan fingerprint density at radius 3 is 3.05 bits per heavy atom. The van der Waals surface area contributed by atoms with Gasteiger partial charge in [0.2, 0.25) is 0 Å². The first-order valence-corrected chi connectivity index (χ1v) is 8.26. The minimum atomic E-state index is -0.590. The van der Waals surface area contributed by atoms with Gasteiger partial charge in [-0.05, 0) is 31.0 Å². The zero-order chi connectivity index (χ0) is 15.7. The van der Waals surface area contributed by atoms with Crippen molar-refractivity contribution in [3.8, 4) is 0 Å². The number of ether oxygens (including phenoxy) is 1. The lowest BCUT2D eigenvalue weighted by molar-refractivity contribution is -0.127. The number of halogens is 1. The maximum absolute atomic E-state index is 13.5. The van der Waals surface area contributed by atoms with E-state index in [4.69, 9.17) is 4.74 Å². The van der Waals surface area contributed by atoms with Gasteiger partial charge in [0, 0.05) is 12.3 Å². The van der Waals surface area contributed by atoms with Crippen molar-refractivity contribution < 1.29 is 19.0 Å². The molecule has 0 saturated carbocycles. The van der Waals surface area contributed by atoms with Crippen molar-refractivity contribution >= 4 is 17.7 Å². The van der Waals surface area contributed by atoms with E-state index in [1.807, 2.05) is 0 Å². The fraction of sp³-hybridized carbons (Fsp3) is 0.438. The number of hydrogen-bond acceptors (Lipinski definition) is 4. The molecule has 2 aliphatic heterocycles. The number of likely N-dealkylation sites (tertiary alicyclic amines) is 1. The Morgan fingerprint density at radius 1 is 1.50 bits per heavy atom. The van der Waals surface area contributed by atoms with Crippen LogP contribution in [-0.2, 0) is 9.53 Å². The fourth-order valence-electron chi connectivity index (χ4n) is 2.92. The van der Waals surface area contributed by atoms with Gasteiger partial charge < -0.3 is 14.7 Å². The number of hydrogen-bond donors (Lipinski definition) is 1. The van der Waals surface area contributed by atoms with E-state index in [9.17, 15) is 14.3 Å². The molecule has 4 nitrogen and oxygen atoms in total. The van der Waals surface area contributed by atoms with Gasteiger partial charge in [-0.25, -0.2) is 4.39 Å². The fourth-order valence-corrected chi connectivity index (χ4v) is 3.79. The van der Waals surface area contributed by atoms with E-state index in [1.54, 1.807) is 24.0 Å². The van der Waals surface area contributed by atoms with Gasteiger partial charge in [-0.2, -0.15) is 0 Å². The second kappa shape index (κ2) is 6.30. The molecular weight excluding hydrogens is 305 g/mol. The molecule has 0 aromatic heterocycles. The van der Waals surface area contributed by atoms with Gasteiger partial charge in [0.05, 0.1) is 18.8 Å². The molecule has 0 radical (unpaired) electrons. The monoisotopic (exact) mass is 323 g/mol. The number of carbonyl (C=O) groups is 1. The van der Waals surface area contributed by atoms with E-state index in [2.05, 4.69) is 0 Å². The lowest BCUT2D eigenvalue weighted by Gasteiger charge is -2.27. The van der Waals surface area contributed by atoms with Crippen LogP contribution in [0.5, 0.6) is 0 Å². The minimum Gasteiger partial charge on any atom is -0.496 e. The highest BCUT2D eigenvalue weighted by Crippen LogP contribution is 2.36. The summed E-state index contributed by atoms with van der Waals surface area (Å²) in [4.78, 5) is 15.0. The molecule has 1 aromatic rings. The third-order valence-corrected chi connectivity index (χ3v) is 5.06. The summed E-state index contributed by atoms with van der Waals surface area (Å²) in [6.07, 6.45) is -0.166. The van der Waals surface area contributed by atoms with Gasteiger partial charge in [0.1, 0.15) is 16.5 Å². The van der Waals surface area contributed by atoms with E-state index >= 15 is 0 Å². The lowest BCUT2D eigenvalue weighted by Crippen LogP contribution is -2.33. The molecule has 1 N–H and O–H groups in total. The van der Waals surface area contributed by atoms with E-state index in [1.165, 1.54) is 23.9 Å². The molecule has 0 spiro atoms. The Bertz CT molecular complexity index is 619. The molecule has 0 aliphatic carbocycles. The first-order valence-electron chi connectivity index (χ1n) is 7.27. The van der Waals surface area contributed by atoms with Gasteiger partial charge in [-0.1, -0.05) is 12.1 Å². The first-order chi connectivity index (χ1) is 10.6. The van der Waals surface area contributed by atoms with Gasteiger partial charge in [-0.15, -0.1) is 11.8 Å². The molecule has 2 heterocycles. The SMILES string of the molecule is CC1=C(C(=O)N2C[C@@H](O)C[C@H]2c2cccc(F)c2)SCCO1. The smallest absolute Gasteiger partial charge is 0.264 e. The average Bonchev–Trinajstić information content (AvgIpc) is 2.89. The topological polar surface area (TPSA) is 49.8 Å². The molecule has 0 unspecified atom stereocenters. The first kappa shape index (κ1) is 15.4. The van der Waals surface area contributed by atoms with Crippen molar-refractivity contribution in [2.75, 3.05) is 18.9 Å². The van der Waals surface area contributed by atoms with Gasteiger partial charge in [0.15, 0.2) is 0 Å². The van der Waals surface area contributed by atoms with Crippen LogP contribution in [0.15, 0.2) is 34.9 Å². The minimum absolute atomic E-state index is 0.145. The van der Waals surface area contributed by atoms with E-state index in [0.29, 0.717) is 29.3 Å². The molecular formula is C16H18FNO3S. The molecule has 118 valence electrons. The van der Waals surface area contributed by atoms with Crippen LogP contribution in [0.1, 0.15) is 24.9 Å². The van der Waals surface area contributed by atoms with Crippen LogP contribution in [0, 0.1) is 5.82 Å². The summed E-state index contributed by atoms with van der Waals surface area (Å²) in [5.41, 5.74) is 0.713. The highest BCUT2D eigenvalue weighted by atomic mass is 32.2. The summed E-state index contributed by atoms with van der Waals surface area (Å²) in [6, 6.07) is 5.91. The predicted molar refractivity (Wildman–Crippen MR) is 82.6 cm³/mol.